The Morgan fingerprint density at radius 1 is 1.19 bits per heavy atom. The van der Waals surface area contributed by atoms with E-state index in [-0.39, 0.29) is 5.56 Å². The molecule has 0 bridgehead atoms. The second-order valence-electron chi connectivity index (χ2n) is 8.60. The second-order valence-corrected chi connectivity index (χ2v) is 9.56. The number of pyridine rings is 3. The van der Waals surface area contributed by atoms with Crippen molar-refractivity contribution in [2.45, 2.75) is 42.8 Å². The number of hydrogen-bond acceptors (Lipinski definition) is 7. The Kier molecular flexibility index (Phi) is 4.93. The Morgan fingerprint density at radius 3 is 3.00 bits per heavy atom. The Bertz CT molecular complexity index is 1190. The zero-order valence-electron chi connectivity index (χ0n) is 17.3. The van der Waals surface area contributed by atoms with Gasteiger partial charge in [0.25, 0.3) is 5.56 Å². The lowest BCUT2D eigenvalue weighted by Gasteiger charge is -2.34. The third-order valence-corrected chi connectivity index (χ3v) is 7.57. The Balaban J connectivity index is 1.05. The van der Waals surface area contributed by atoms with E-state index in [9.17, 15) is 4.79 Å². The lowest BCUT2D eigenvalue weighted by atomic mass is 9.98. The summed E-state index contributed by atoms with van der Waals surface area (Å²) in [5.41, 5.74) is 4.38. The minimum Gasteiger partial charge on any atom is -0.480 e. The summed E-state index contributed by atoms with van der Waals surface area (Å²) >= 11 is 1.73. The lowest BCUT2D eigenvalue weighted by molar-refractivity contribution is 0.184. The van der Waals surface area contributed by atoms with Crippen LogP contribution in [-0.4, -0.2) is 51.0 Å². The molecular weight excluding hydrogens is 410 g/mol. The van der Waals surface area contributed by atoms with Crippen molar-refractivity contribution in [1.29, 1.82) is 0 Å². The van der Waals surface area contributed by atoms with Crippen molar-refractivity contribution in [3.63, 3.8) is 0 Å². The molecule has 6 rings (SSSR count). The number of rotatable bonds is 5. The van der Waals surface area contributed by atoms with Crippen LogP contribution in [0.25, 0.3) is 11.0 Å². The highest BCUT2D eigenvalue weighted by atomic mass is 32.2. The number of nitrogens with one attached hydrogen (secondary N) is 1. The second kappa shape index (κ2) is 7.93. The molecule has 1 fully saturated rings. The van der Waals surface area contributed by atoms with Crippen LogP contribution in [0.15, 0.2) is 46.3 Å². The average molecular weight is 436 g/mol. The monoisotopic (exact) mass is 435 g/mol. The predicted octanol–water partition coefficient (Wildman–Crippen LogP) is 2.58. The molecule has 3 aliphatic rings. The van der Waals surface area contributed by atoms with Crippen molar-refractivity contribution in [3.8, 4) is 5.75 Å². The van der Waals surface area contributed by atoms with Gasteiger partial charge in [0.2, 0.25) is 0 Å². The number of thioether (sulfide) groups is 1. The van der Waals surface area contributed by atoms with Gasteiger partial charge in [0.15, 0.2) is 5.75 Å². The molecule has 8 heteroatoms. The molecule has 3 aromatic heterocycles. The molecule has 31 heavy (non-hydrogen) atoms. The van der Waals surface area contributed by atoms with E-state index in [0.29, 0.717) is 17.9 Å². The van der Waals surface area contributed by atoms with Crippen molar-refractivity contribution in [2.75, 3.05) is 25.6 Å². The molecular formula is C23H25N5O2S. The van der Waals surface area contributed by atoms with E-state index in [1.165, 1.54) is 10.5 Å². The van der Waals surface area contributed by atoms with E-state index >= 15 is 0 Å². The van der Waals surface area contributed by atoms with Gasteiger partial charge in [-0.3, -0.25) is 14.8 Å². The maximum Gasteiger partial charge on any atom is 0.251 e. The summed E-state index contributed by atoms with van der Waals surface area (Å²) in [4.78, 5) is 25.0. The average Bonchev–Trinajstić information content (AvgIpc) is 3.42. The van der Waals surface area contributed by atoms with Gasteiger partial charge < -0.3 is 19.5 Å². The van der Waals surface area contributed by atoms with Gasteiger partial charge in [0, 0.05) is 43.9 Å². The van der Waals surface area contributed by atoms with Gasteiger partial charge in [-0.15, -0.1) is 0 Å². The maximum atomic E-state index is 12.3. The molecule has 0 amide bonds. The molecule has 3 aliphatic heterocycles. The van der Waals surface area contributed by atoms with Gasteiger partial charge >= 0.3 is 0 Å². The van der Waals surface area contributed by atoms with Crippen molar-refractivity contribution >= 4 is 22.8 Å². The van der Waals surface area contributed by atoms with Gasteiger partial charge in [-0.1, -0.05) is 11.8 Å². The standard InChI is InChI=1S/C23H25N5O2S/c29-22-2-1-19-23-18(3-6-24-19)15(13-28(22)23)12-27-7-4-16(5-8-27)25-10-17-9-21-20(11-26-17)30-14-31-21/h1-3,6,9,11,15-16,25H,4-5,7-8,10,12-14H2. The van der Waals surface area contributed by atoms with Gasteiger partial charge in [-0.2, -0.15) is 0 Å². The predicted molar refractivity (Wildman–Crippen MR) is 121 cm³/mol. The van der Waals surface area contributed by atoms with Crippen molar-refractivity contribution < 1.29 is 4.74 Å². The van der Waals surface area contributed by atoms with Crippen LogP contribution in [0.5, 0.6) is 5.75 Å². The first-order valence-corrected chi connectivity index (χ1v) is 11.9. The zero-order chi connectivity index (χ0) is 20.8. The quantitative estimate of drug-likeness (QED) is 0.660. The smallest absolute Gasteiger partial charge is 0.251 e. The highest BCUT2D eigenvalue weighted by molar-refractivity contribution is 7.99. The molecule has 3 aromatic rings. The molecule has 0 saturated carbocycles. The summed E-state index contributed by atoms with van der Waals surface area (Å²) in [5.74, 6) is 1.96. The van der Waals surface area contributed by atoms with Crippen LogP contribution in [0.4, 0.5) is 0 Å². The summed E-state index contributed by atoms with van der Waals surface area (Å²) in [6.45, 7) is 4.72. The third-order valence-electron chi connectivity index (χ3n) is 6.70. The molecule has 0 aliphatic carbocycles. The van der Waals surface area contributed by atoms with Crippen LogP contribution in [-0.2, 0) is 13.1 Å². The molecule has 6 heterocycles. The largest absolute Gasteiger partial charge is 0.480 e. The topological polar surface area (TPSA) is 72.3 Å². The summed E-state index contributed by atoms with van der Waals surface area (Å²) in [6.07, 6.45) is 5.98. The number of hydrogen-bond donors (Lipinski definition) is 1. The minimum absolute atomic E-state index is 0.0808. The summed E-state index contributed by atoms with van der Waals surface area (Å²) in [5, 5.41) is 3.69. The van der Waals surface area contributed by atoms with Crippen LogP contribution in [0.2, 0.25) is 0 Å². The highest BCUT2D eigenvalue weighted by Gasteiger charge is 2.29. The van der Waals surface area contributed by atoms with E-state index in [1.54, 1.807) is 17.8 Å². The summed E-state index contributed by atoms with van der Waals surface area (Å²) in [6, 6.07) is 8.24. The van der Waals surface area contributed by atoms with E-state index in [4.69, 9.17) is 4.74 Å². The van der Waals surface area contributed by atoms with E-state index in [1.807, 2.05) is 23.0 Å². The number of fused-ring (bicyclic) bond motifs is 1. The molecule has 7 nitrogen and oxygen atoms in total. The van der Waals surface area contributed by atoms with Crippen molar-refractivity contribution in [1.82, 2.24) is 24.8 Å². The Labute approximate surface area is 184 Å². The molecule has 1 atom stereocenters. The maximum absolute atomic E-state index is 12.3. The molecule has 1 N–H and O–H groups in total. The summed E-state index contributed by atoms with van der Waals surface area (Å²) in [7, 11) is 0. The molecule has 1 unspecified atom stereocenters. The van der Waals surface area contributed by atoms with Gasteiger partial charge in [0.1, 0.15) is 5.94 Å². The van der Waals surface area contributed by atoms with Gasteiger partial charge in [-0.25, -0.2) is 0 Å². The van der Waals surface area contributed by atoms with E-state index in [0.717, 1.165) is 68.0 Å². The third kappa shape index (κ3) is 3.62. The molecule has 0 radical (unpaired) electrons. The van der Waals surface area contributed by atoms with Crippen LogP contribution in [0.3, 0.4) is 0 Å². The molecule has 1 saturated heterocycles. The number of likely N-dealkylation sites (tertiary alicyclic amines) is 1. The molecule has 0 spiro atoms. The fraction of sp³-hybridized carbons (Fsp3) is 0.435. The van der Waals surface area contributed by atoms with Crippen LogP contribution in [0, 0.1) is 0 Å². The SMILES string of the molecule is O=c1ccc2nccc3c2n1CC3CN1CCC(NCc2cc3c(cn2)OCS3)CC1. The first kappa shape index (κ1) is 19.3. The highest BCUT2D eigenvalue weighted by Crippen LogP contribution is 2.35. The van der Waals surface area contributed by atoms with Crippen LogP contribution < -0.4 is 15.6 Å². The van der Waals surface area contributed by atoms with Crippen LogP contribution >= 0.6 is 11.8 Å². The Hall–Kier alpha value is -2.42. The fourth-order valence-corrected chi connectivity index (χ4v) is 5.84. The van der Waals surface area contributed by atoms with E-state index in [2.05, 4.69) is 32.3 Å². The fourth-order valence-electron chi connectivity index (χ4n) is 5.06. The zero-order valence-corrected chi connectivity index (χ0v) is 18.1. The van der Waals surface area contributed by atoms with Gasteiger partial charge in [0.05, 0.1) is 27.8 Å². The van der Waals surface area contributed by atoms with Crippen molar-refractivity contribution in [3.05, 3.63) is 58.3 Å². The number of nitrogens with zero attached hydrogens (tertiary/aromatic N) is 4. The van der Waals surface area contributed by atoms with Gasteiger partial charge in [-0.05, 0) is 49.7 Å². The first-order valence-electron chi connectivity index (χ1n) is 10.9. The number of ether oxygens (including phenoxy) is 1. The summed E-state index contributed by atoms with van der Waals surface area (Å²) < 4.78 is 7.42. The molecule has 0 aromatic carbocycles. The molecule has 160 valence electrons. The lowest BCUT2D eigenvalue weighted by Crippen LogP contribution is -2.43. The van der Waals surface area contributed by atoms with Crippen molar-refractivity contribution in [2.24, 2.45) is 0 Å². The van der Waals surface area contributed by atoms with E-state index < -0.39 is 0 Å². The van der Waals surface area contributed by atoms with Crippen LogP contribution in [0.1, 0.15) is 30.0 Å². The first-order chi connectivity index (χ1) is 15.2. The Morgan fingerprint density at radius 2 is 2.10 bits per heavy atom. The number of piperidine rings is 1. The normalized spacial score (nSPS) is 20.8. The number of aromatic nitrogens is 3. The minimum atomic E-state index is 0.0808.